The normalized spacial score (nSPS) is 10.8. The summed E-state index contributed by atoms with van der Waals surface area (Å²) in [5, 5.41) is 11.6. The average molecular weight is 241 g/mol. The summed E-state index contributed by atoms with van der Waals surface area (Å²) in [5.74, 6) is 0.855. The van der Waals surface area contributed by atoms with Crippen LogP contribution in [0.3, 0.4) is 0 Å². The molecule has 92 valence electrons. The van der Waals surface area contributed by atoms with Gasteiger partial charge >= 0.3 is 0 Å². The van der Waals surface area contributed by atoms with Gasteiger partial charge in [-0.1, -0.05) is 23.4 Å². The molecule has 2 aromatic rings. The molecule has 0 bridgehead atoms. The van der Waals surface area contributed by atoms with Crippen LogP contribution in [0, 0.1) is 6.92 Å². The zero-order valence-corrected chi connectivity index (χ0v) is 10.4. The van der Waals surface area contributed by atoms with Gasteiger partial charge in [0.05, 0.1) is 6.21 Å². The van der Waals surface area contributed by atoms with Gasteiger partial charge in [-0.2, -0.15) is 0 Å². The van der Waals surface area contributed by atoms with Gasteiger partial charge in [0, 0.05) is 24.5 Å². The smallest absolute Gasteiger partial charge is 0.132 e. The third kappa shape index (κ3) is 2.48. The summed E-state index contributed by atoms with van der Waals surface area (Å²) >= 11 is 0. The maximum atomic E-state index is 8.53. The zero-order chi connectivity index (χ0) is 13.0. The first-order valence-corrected chi connectivity index (χ1v) is 5.65. The number of nitrogens with zero attached hydrogens (tertiary/aromatic N) is 3. The lowest BCUT2D eigenvalue weighted by molar-refractivity contribution is 0.322. The first-order valence-electron chi connectivity index (χ1n) is 5.65. The van der Waals surface area contributed by atoms with Crippen LogP contribution >= 0.6 is 0 Å². The minimum Gasteiger partial charge on any atom is -0.411 e. The predicted molar refractivity (Wildman–Crippen MR) is 72.9 cm³/mol. The van der Waals surface area contributed by atoms with Crippen molar-refractivity contribution in [2.24, 2.45) is 5.16 Å². The minimum absolute atomic E-state index is 0.808. The van der Waals surface area contributed by atoms with E-state index in [0.717, 1.165) is 22.6 Å². The zero-order valence-electron chi connectivity index (χ0n) is 10.4. The fraction of sp³-hybridized carbons (Fsp3) is 0.143. The number of hydrogen-bond acceptors (Lipinski definition) is 4. The average Bonchev–Trinajstić information content (AvgIpc) is 2.41. The predicted octanol–water partition coefficient (Wildman–Crippen LogP) is 2.97. The lowest BCUT2D eigenvalue weighted by atomic mass is 10.1. The van der Waals surface area contributed by atoms with Crippen molar-refractivity contribution in [3.05, 3.63) is 53.7 Å². The van der Waals surface area contributed by atoms with E-state index >= 15 is 0 Å². The third-order valence-electron chi connectivity index (χ3n) is 2.82. The summed E-state index contributed by atoms with van der Waals surface area (Å²) in [5.41, 5.74) is 2.90. The number of oxime groups is 1. The van der Waals surface area contributed by atoms with E-state index in [1.54, 1.807) is 6.20 Å². The summed E-state index contributed by atoms with van der Waals surface area (Å²) < 4.78 is 0. The quantitative estimate of drug-likeness (QED) is 0.510. The van der Waals surface area contributed by atoms with Gasteiger partial charge in [-0.25, -0.2) is 4.98 Å². The van der Waals surface area contributed by atoms with E-state index in [9.17, 15) is 0 Å². The van der Waals surface area contributed by atoms with Gasteiger partial charge in [0.25, 0.3) is 0 Å². The molecule has 0 aliphatic heterocycles. The Morgan fingerprint density at radius 3 is 2.61 bits per heavy atom. The first kappa shape index (κ1) is 12.1. The molecular formula is C14H15N3O. The SMILES string of the molecule is Cc1cc(N(C)c2ccccc2)ncc1/C=N\O. The van der Waals surface area contributed by atoms with E-state index in [1.165, 1.54) is 6.21 Å². The Kier molecular flexibility index (Phi) is 3.57. The fourth-order valence-corrected chi connectivity index (χ4v) is 1.72. The van der Waals surface area contributed by atoms with Gasteiger partial charge in [0.15, 0.2) is 0 Å². The molecule has 1 aromatic heterocycles. The summed E-state index contributed by atoms with van der Waals surface area (Å²) in [6, 6.07) is 12.0. The maximum Gasteiger partial charge on any atom is 0.132 e. The molecule has 0 saturated heterocycles. The van der Waals surface area contributed by atoms with E-state index in [-0.39, 0.29) is 0 Å². The Morgan fingerprint density at radius 1 is 1.28 bits per heavy atom. The van der Waals surface area contributed by atoms with Crippen LogP contribution in [0.5, 0.6) is 0 Å². The molecule has 1 aromatic carbocycles. The summed E-state index contributed by atoms with van der Waals surface area (Å²) in [4.78, 5) is 6.36. The fourth-order valence-electron chi connectivity index (χ4n) is 1.72. The van der Waals surface area contributed by atoms with E-state index < -0.39 is 0 Å². The Labute approximate surface area is 106 Å². The second-order valence-corrected chi connectivity index (χ2v) is 4.04. The summed E-state index contributed by atoms with van der Waals surface area (Å²) in [6.07, 6.45) is 3.08. The standard InChI is InChI=1S/C14H15N3O/c1-11-8-14(15-9-12(11)10-16-18)17(2)13-6-4-3-5-7-13/h3-10,18H,1-2H3/b16-10-. The highest BCUT2D eigenvalue weighted by Crippen LogP contribution is 2.22. The number of aryl methyl sites for hydroxylation is 1. The summed E-state index contributed by atoms with van der Waals surface area (Å²) in [7, 11) is 1.97. The number of pyridine rings is 1. The molecule has 4 nitrogen and oxygen atoms in total. The van der Waals surface area contributed by atoms with Gasteiger partial charge in [0.2, 0.25) is 0 Å². The number of anilines is 2. The van der Waals surface area contributed by atoms with Crippen molar-refractivity contribution in [3.63, 3.8) is 0 Å². The number of hydrogen-bond donors (Lipinski definition) is 1. The summed E-state index contributed by atoms with van der Waals surface area (Å²) in [6.45, 7) is 1.96. The first-order chi connectivity index (χ1) is 8.72. The van der Waals surface area contributed by atoms with Crippen LogP contribution in [-0.2, 0) is 0 Å². The molecule has 0 aliphatic carbocycles. The van der Waals surface area contributed by atoms with Crippen LogP contribution in [0.1, 0.15) is 11.1 Å². The molecule has 0 aliphatic rings. The van der Waals surface area contributed by atoms with Crippen LogP contribution in [0.4, 0.5) is 11.5 Å². The molecule has 2 rings (SSSR count). The number of benzene rings is 1. The van der Waals surface area contributed by atoms with Crippen LogP contribution < -0.4 is 4.90 Å². The van der Waals surface area contributed by atoms with Crippen molar-refractivity contribution in [1.82, 2.24) is 4.98 Å². The van der Waals surface area contributed by atoms with Crippen molar-refractivity contribution in [2.75, 3.05) is 11.9 Å². The second-order valence-electron chi connectivity index (χ2n) is 4.04. The Hall–Kier alpha value is -2.36. The molecule has 0 unspecified atom stereocenters. The molecule has 1 heterocycles. The van der Waals surface area contributed by atoms with Gasteiger partial charge in [-0.3, -0.25) is 0 Å². The number of para-hydroxylation sites is 1. The van der Waals surface area contributed by atoms with Crippen LogP contribution in [0.15, 0.2) is 47.8 Å². The van der Waals surface area contributed by atoms with Crippen molar-refractivity contribution < 1.29 is 5.21 Å². The molecule has 0 saturated carbocycles. The molecule has 0 amide bonds. The highest BCUT2D eigenvalue weighted by atomic mass is 16.4. The molecule has 1 N–H and O–H groups in total. The van der Waals surface area contributed by atoms with Crippen LogP contribution in [0.2, 0.25) is 0 Å². The van der Waals surface area contributed by atoms with Crippen molar-refractivity contribution in [2.45, 2.75) is 6.92 Å². The Morgan fingerprint density at radius 2 is 2.00 bits per heavy atom. The van der Waals surface area contributed by atoms with Crippen molar-refractivity contribution >= 4 is 17.7 Å². The lowest BCUT2D eigenvalue weighted by Crippen LogP contribution is -2.11. The number of rotatable bonds is 3. The molecular weight excluding hydrogens is 226 g/mol. The van der Waals surface area contributed by atoms with Crippen molar-refractivity contribution in [3.8, 4) is 0 Å². The van der Waals surface area contributed by atoms with Gasteiger partial charge in [-0.15, -0.1) is 0 Å². The van der Waals surface area contributed by atoms with E-state index in [2.05, 4.69) is 10.1 Å². The minimum atomic E-state index is 0.808. The monoisotopic (exact) mass is 241 g/mol. The number of aromatic nitrogens is 1. The lowest BCUT2D eigenvalue weighted by Gasteiger charge is -2.18. The third-order valence-corrected chi connectivity index (χ3v) is 2.82. The van der Waals surface area contributed by atoms with Gasteiger partial charge in [-0.05, 0) is 30.7 Å². The van der Waals surface area contributed by atoms with E-state index in [4.69, 9.17) is 5.21 Å². The second kappa shape index (κ2) is 5.31. The van der Waals surface area contributed by atoms with Crippen molar-refractivity contribution in [1.29, 1.82) is 0 Å². The van der Waals surface area contributed by atoms with Gasteiger partial charge < -0.3 is 10.1 Å². The van der Waals surface area contributed by atoms with Gasteiger partial charge in [0.1, 0.15) is 5.82 Å². The Balaban J connectivity index is 2.32. The maximum absolute atomic E-state index is 8.53. The molecule has 18 heavy (non-hydrogen) atoms. The molecule has 0 spiro atoms. The largest absolute Gasteiger partial charge is 0.411 e. The highest BCUT2D eigenvalue weighted by Gasteiger charge is 2.06. The molecule has 4 heteroatoms. The van der Waals surface area contributed by atoms with Crippen LogP contribution in [0.25, 0.3) is 0 Å². The molecule has 0 fully saturated rings. The highest BCUT2D eigenvalue weighted by molar-refractivity contribution is 5.81. The molecule has 0 atom stereocenters. The molecule has 0 radical (unpaired) electrons. The Bertz CT molecular complexity index is 552. The van der Waals surface area contributed by atoms with E-state index in [0.29, 0.717) is 0 Å². The van der Waals surface area contributed by atoms with Crippen LogP contribution in [-0.4, -0.2) is 23.5 Å². The van der Waals surface area contributed by atoms with E-state index in [1.807, 2.05) is 55.3 Å². The topological polar surface area (TPSA) is 48.7 Å².